The molecule has 1 aromatic heterocycles. The minimum atomic E-state index is -0.224. The summed E-state index contributed by atoms with van der Waals surface area (Å²) < 4.78 is 1.96. The first-order chi connectivity index (χ1) is 13.0. The number of aromatic nitrogens is 3. The van der Waals surface area contributed by atoms with Crippen LogP contribution in [0, 0.1) is 13.8 Å². The van der Waals surface area contributed by atoms with Crippen molar-refractivity contribution in [3.63, 3.8) is 0 Å². The lowest BCUT2D eigenvalue weighted by Gasteiger charge is -2.13. The molecule has 138 valence electrons. The Labute approximate surface area is 164 Å². The number of nitrogens with zero attached hydrogens (tertiary/aromatic N) is 3. The molecule has 5 heteroatoms. The fraction of sp³-hybridized carbons (Fsp3) is 0.318. The molecule has 1 aliphatic rings. The predicted molar refractivity (Wildman–Crippen MR) is 109 cm³/mol. The lowest BCUT2D eigenvalue weighted by atomic mass is 10.0. The van der Waals surface area contributed by atoms with E-state index in [1.807, 2.05) is 17.6 Å². The first kappa shape index (κ1) is 18.0. The Bertz CT molecular complexity index is 1010. The molecule has 0 spiro atoms. The van der Waals surface area contributed by atoms with Crippen molar-refractivity contribution < 1.29 is 4.79 Å². The third-order valence-electron chi connectivity index (χ3n) is 5.16. The van der Waals surface area contributed by atoms with Crippen molar-refractivity contribution in [3.8, 4) is 5.69 Å². The number of ketones is 1. The number of hydrogen-bond acceptors (Lipinski definition) is 4. The van der Waals surface area contributed by atoms with Crippen LogP contribution in [0.4, 0.5) is 0 Å². The van der Waals surface area contributed by atoms with E-state index in [1.165, 1.54) is 34.9 Å². The van der Waals surface area contributed by atoms with Crippen molar-refractivity contribution >= 4 is 17.5 Å². The van der Waals surface area contributed by atoms with E-state index in [9.17, 15) is 4.79 Å². The molecule has 1 aliphatic carbocycles. The Morgan fingerprint density at radius 1 is 1.11 bits per heavy atom. The monoisotopic (exact) mass is 377 g/mol. The van der Waals surface area contributed by atoms with Crippen LogP contribution in [0.1, 0.15) is 46.0 Å². The van der Waals surface area contributed by atoms with E-state index in [0.29, 0.717) is 0 Å². The van der Waals surface area contributed by atoms with E-state index in [-0.39, 0.29) is 11.0 Å². The van der Waals surface area contributed by atoms with Gasteiger partial charge in [0.05, 0.1) is 10.9 Å². The van der Waals surface area contributed by atoms with Crippen LogP contribution in [0.15, 0.2) is 47.9 Å². The molecule has 2 aromatic carbocycles. The highest BCUT2D eigenvalue weighted by Crippen LogP contribution is 2.29. The fourth-order valence-electron chi connectivity index (χ4n) is 3.72. The van der Waals surface area contributed by atoms with Gasteiger partial charge in [0.1, 0.15) is 6.33 Å². The van der Waals surface area contributed by atoms with Gasteiger partial charge in [-0.05, 0) is 68.9 Å². The molecule has 0 amide bonds. The Kier molecular flexibility index (Phi) is 4.87. The SMILES string of the molecule is Cc1ccc(-n2cnnc2SC(C)C(=O)c2ccc3c(c2)CCC3)c(C)c1. The van der Waals surface area contributed by atoms with Crippen LogP contribution in [0.5, 0.6) is 0 Å². The summed E-state index contributed by atoms with van der Waals surface area (Å²) in [7, 11) is 0. The van der Waals surface area contributed by atoms with Gasteiger partial charge in [-0.15, -0.1) is 10.2 Å². The quantitative estimate of drug-likeness (QED) is 0.476. The van der Waals surface area contributed by atoms with Gasteiger partial charge in [0.2, 0.25) is 0 Å². The van der Waals surface area contributed by atoms with E-state index < -0.39 is 0 Å². The van der Waals surface area contributed by atoms with E-state index in [2.05, 4.69) is 54.4 Å². The van der Waals surface area contributed by atoms with Gasteiger partial charge >= 0.3 is 0 Å². The summed E-state index contributed by atoms with van der Waals surface area (Å²) in [5.41, 5.74) is 6.95. The summed E-state index contributed by atoms with van der Waals surface area (Å²) in [5, 5.41) is 8.84. The van der Waals surface area contributed by atoms with Crippen LogP contribution in [-0.4, -0.2) is 25.8 Å². The number of benzene rings is 2. The van der Waals surface area contributed by atoms with Crippen LogP contribution >= 0.6 is 11.8 Å². The molecule has 1 heterocycles. The molecule has 0 saturated heterocycles. The number of aryl methyl sites for hydroxylation is 4. The van der Waals surface area contributed by atoms with E-state index in [0.717, 1.165) is 34.8 Å². The Balaban J connectivity index is 1.56. The number of thioether (sulfide) groups is 1. The second-order valence-electron chi connectivity index (χ2n) is 7.23. The molecular weight excluding hydrogens is 354 g/mol. The maximum atomic E-state index is 13.0. The second-order valence-corrected chi connectivity index (χ2v) is 8.54. The summed E-state index contributed by atoms with van der Waals surface area (Å²) in [5.74, 6) is 0.143. The van der Waals surface area contributed by atoms with Crippen molar-refractivity contribution in [1.29, 1.82) is 0 Å². The number of hydrogen-bond donors (Lipinski definition) is 0. The van der Waals surface area contributed by atoms with Gasteiger partial charge in [-0.2, -0.15) is 0 Å². The summed E-state index contributed by atoms with van der Waals surface area (Å²) in [6, 6.07) is 12.5. The standard InChI is InChI=1S/C22H23N3OS/c1-14-7-10-20(15(2)11-14)25-13-23-24-22(25)27-16(3)21(26)19-9-8-17-5-4-6-18(17)12-19/h7-13,16H,4-6H2,1-3H3. The van der Waals surface area contributed by atoms with Crippen molar-refractivity contribution in [3.05, 3.63) is 70.5 Å². The molecule has 0 radical (unpaired) electrons. The highest BCUT2D eigenvalue weighted by Gasteiger charge is 2.22. The smallest absolute Gasteiger partial charge is 0.196 e. The molecule has 1 unspecified atom stereocenters. The Hall–Kier alpha value is -2.40. The topological polar surface area (TPSA) is 47.8 Å². The first-order valence-corrected chi connectivity index (χ1v) is 10.2. The van der Waals surface area contributed by atoms with Gasteiger partial charge in [-0.25, -0.2) is 0 Å². The Morgan fingerprint density at radius 3 is 2.74 bits per heavy atom. The van der Waals surface area contributed by atoms with Gasteiger partial charge in [-0.3, -0.25) is 9.36 Å². The van der Waals surface area contributed by atoms with E-state index in [4.69, 9.17) is 0 Å². The number of carbonyl (C=O) groups is 1. The number of fused-ring (bicyclic) bond motifs is 1. The van der Waals surface area contributed by atoms with E-state index in [1.54, 1.807) is 6.33 Å². The van der Waals surface area contributed by atoms with Crippen LogP contribution in [0.3, 0.4) is 0 Å². The average Bonchev–Trinajstić information content (AvgIpc) is 3.29. The molecule has 4 nitrogen and oxygen atoms in total. The first-order valence-electron chi connectivity index (χ1n) is 9.33. The van der Waals surface area contributed by atoms with Crippen LogP contribution in [0.2, 0.25) is 0 Å². The highest BCUT2D eigenvalue weighted by molar-refractivity contribution is 8.00. The normalized spacial score (nSPS) is 14.2. The lowest BCUT2D eigenvalue weighted by molar-refractivity contribution is 0.0993. The Morgan fingerprint density at radius 2 is 1.93 bits per heavy atom. The molecule has 4 rings (SSSR count). The van der Waals surface area contributed by atoms with Crippen LogP contribution < -0.4 is 0 Å². The number of carbonyl (C=O) groups excluding carboxylic acids is 1. The van der Waals surface area contributed by atoms with Crippen molar-refractivity contribution in [2.75, 3.05) is 0 Å². The lowest BCUT2D eigenvalue weighted by Crippen LogP contribution is -2.15. The van der Waals surface area contributed by atoms with Gasteiger partial charge in [0, 0.05) is 5.56 Å². The highest BCUT2D eigenvalue weighted by atomic mass is 32.2. The molecule has 27 heavy (non-hydrogen) atoms. The average molecular weight is 378 g/mol. The molecule has 0 bridgehead atoms. The van der Waals surface area contributed by atoms with Crippen LogP contribution in [0.25, 0.3) is 5.69 Å². The zero-order valence-corrected chi connectivity index (χ0v) is 16.7. The van der Waals surface area contributed by atoms with Crippen molar-refractivity contribution in [1.82, 2.24) is 14.8 Å². The third-order valence-corrected chi connectivity index (χ3v) is 6.22. The molecular formula is C22H23N3OS. The molecule has 1 atom stereocenters. The minimum Gasteiger partial charge on any atom is -0.293 e. The maximum Gasteiger partial charge on any atom is 0.196 e. The molecule has 3 aromatic rings. The fourth-order valence-corrected chi connectivity index (χ4v) is 4.63. The summed E-state index contributed by atoms with van der Waals surface area (Å²) >= 11 is 1.46. The molecule has 0 fully saturated rings. The zero-order chi connectivity index (χ0) is 19.0. The summed E-state index contributed by atoms with van der Waals surface area (Å²) in [6.45, 7) is 6.10. The predicted octanol–water partition coefficient (Wildman–Crippen LogP) is 4.74. The molecule has 0 aliphatic heterocycles. The summed E-state index contributed by atoms with van der Waals surface area (Å²) in [4.78, 5) is 13.0. The molecule has 0 N–H and O–H groups in total. The minimum absolute atomic E-state index is 0.143. The van der Waals surface area contributed by atoms with Gasteiger partial charge in [0.25, 0.3) is 0 Å². The maximum absolute atomic E-state index is 13.0. The largest absolute Gasteiger partial charge is 0.293 e. The van der Waals surface area contributed by atoms with Crippen molar-refractivity contribution in [2.45, 2.75) is 50.4 Å². The van der Waals surface area contributed by atoms with Gasteiger partial charge in [-0.1, -0.05) is 41.6 Å². The van der Waals surface area contributed by atoms with Crippen LogP contribution in [-0.2, 0) is 12.8 Å². The number of rotatable bonds is 5. The van der Waals surface area contributed by atoms with Crippen molar-refractivity contribution in [2.24, 2.45) is 0 Å². The van der Waals surface area contributed by atoms with Gasteiger partial charge < -0.3 is 0 Å². The summed E-state index contributed by atoms with van der Waals surface area (Å²) in [6.07, 6.45) is 5.12. The van der Waals surface area contributed by atoms with E-state index >= 15 is 0 Å². The third kappa shape index (κ3) is 3.56. The molecule has 0 saturated carbocycles. The number of Topliss-reactive ketones (excluding diaryl/α,β-unsaturated/α-hetero) is 1. The van der Waals surface area contributed by atoms with Gasteiger partial charge in [0.15, 0.2) is 10.9 Å². The second kappa shape index (κ2) is 7.31. The zero-order valence-electron chi connectivity index (χ0n) is 15.9.